The minimum absolute atomic E-state index is 0.151. The molecule has 1 saturated carbocycles. The molecular weight excluding hydrogens is 188 g/mol. The largest absolute Gasteiger partial charge is 0.509 e. The van der Waals surface area contributed by atoms with Crippen LogP contribution in [0.1, 0.15) is 19.8 Å². The van der Waals surface area contributed by atoms with Crippen LogP contribution in [0, 0.1) is 0 Å². The summed E-state index contributed by atoms with van der Waals surface area (Å²) in [5.74, 6) is 0. The fourth-order valence-corrected chi connectivity index (χ4v) is 1.51. The summed E-state index contributed by atoms with van der Waals surface area (Å²) >= 11 is 0. The van der Waals surface area contributed by atoms with Crippen molar-refractivity contribution in [3.05, 3.63) is 0 Å². The van der Waals surface area contributed by atoms with E-state index >= 15 is 0 Å². The van der Waals surface area contributed by atoms with E-state index in [4.69, 9.17) is 19.3 Å². The molecule has 1 saturated heterocycles. The first-order valence-corrected chi connectivity index (χ1v) is 4.84. The lowest BCUT2D eigenvalue weighted by molar-refractivity contribution is -0.0701. The number of hydrogen-bond acceptors (Lipinski definition) is 5. The van der Waals surface area contributed by atoms with Crippen LogP contribution >= 0.6 is 0 Å². The molecule has 1 aliphatic carbocycles. The molecule has 0 aromatic heterocycles. The van der Waals surface area contributed by atoms with Crippen molar-refractivity contribution in [1.29, 1.82) is 0 Å². The molecule has 5 nitrogen and oxygen atoms in total. The number of carbonyl (C=O) groups excluding carboxylic acids is 1. The third-order valence-corrected chi connectivity index (χ3v) is 2.42. The van der Waals surface area contributed by atoms with Crippen molar-refractivity contribution < 1.29 is 24.1 Å². The maximum Gasteiger partial charge on any atom is 0.509 e. The number of aliphatic hydroxyl groups is 1. The van der Waals surface area contributed by atoms with Gasteiger partial charge in [-0.3, -0.25) is 0 Å². The van der Waals surface area contributed by atoms with Crippen LogP contribution in [0.2, 0.25) is 0 Å². The van der Waals surface area contributed by atoms with Crippen molar-refractivity contribution in [3.8, 4) is 0 Å². The molecule has 80 valence electrons. The number of ether oxygens (including phenoxy) is 3. The molecule has 3 unspecified atom stereocenters. The molecule has 0 radical (unpaired) electrons. The quantitative estimate of drug-likeness (QED) is 0.670. The lowest BCUT2D eigenvalue weighted by Gasteiger charge is -2.21. The molecule has 1 aliphatic heterocycles. The summed E-state index contributed by atoms with van der Waals surface area (Å²) in [5.41, 5.74) is 0. The Morgan fingerprint density at radius 2 is 2.29 bits per heavy atom. The Labute approximate surface area is 81.9 Å². The summed E-state index contributed by atoms with van der Waals surface area (Å²) < 4.78 is 15.2. The van der Waals surface area contributed by atoms with Gasteiger partial charge in [-0.2, -0.15) is 0 Å². The highest BCUT2D eigenvalue weighted by atomic mass is 16.8. The van der Waals surface area contributed by atoms with Crippen LogP contribution in [0.4, 0.5) is 4.79 Å². The van der Waals surface area contributed by atoms with Crippen LogP contribution in [0.25, 0.3) is 0 Å². The molecule has 1 N–H and O–H groups in total. The van der Waals surface area contributed by atoms with Gasteiger partial charge in [0.05, 0.1) is 12.7 Å². The van der Waals surface area contributed by atoms with E-state index in [1.165, 1.54) is 0 Å². The van der Waals surface area contributed by atoms with Gasteiger partial charge in [-0.1, -0.05) is 0 Å². The van der Waals surface area contributed by atoms with Gasteiger partial charge in [0.1, 0.15) is 12.2 Å². The third-order valence-electron chi connectivity index (χ3n) is 2.42. The minimum atomic E-state index is -0.680. The van der Waals surface area contributed by atoms with Gasteiger partial charge in [0.25, 0.3) is 0 Å². The van der Waals surface area contributed by atoms with Gasteiger partial charge in [-0.25, -0.2) is 4.79 Å². The Morgan fingerprint density at radius 1 is 1.57 bits per heavy atom. The Hall–Kier alpha value is -0.810. The summed E-state index contributed by atoms with van der Waals surface area (Å²) in [7, 11) is 0. The number of cyclic esters (lactones) is 2. The first kappa shape index (κ1) is 9.73. The zero-order chi connectivity index (χ0) is 10.1. The van der Waals surface area contributed by atoms with Crippen LogP contribution < -0.4 is 0 Å². The molecule has 2 rings (SSSR count). The van der Waals surface area contributed by atoms with E-state index in [0.29, 0.717) is 0 Å². The highest BCUT2D eigenvalue weighted by Crippen LogP contribution is 2.28. The molecule has 5 heteroatoms. The van der Waals surface area contributed by atoms with Gasteiger partial charge < -0.3 is 19.3 Å². The van der Waals surface area contributed by atoms with E-state index < -0.39 is 18.4 Å². The highest BCUT2D eigenvalue weighted by molar-refractivity contribution is 5.62. The van der Waals surface area contributed by atoms with E-state index in [9.17, 15) is 4.79 Å². The van der Waals surface area contributed by atoms with Crippen molar-refractivity contribution in [2.45, 2.75) is 44.2 Å². The van der Waals surface area contributed by atoms with E-state index in [1.54, 1.807) is 6.92 Å². The summed E-state index contributed by atoms with van der Waals surface area (Å²) in [6, 6.07) is 0. The monoisotopic (exact) mass is 202 g/mol. The maximum absolute atomic E-state index is 10.8. The SMILES string of the molecule is CC1OC(=O)OC1C(CO)OC1CC1. The molecular formula is C9H14O5. The molecule has 2 fully saturated rings. The molecule has 3 atom stereocenters. The topological polar surface area (TPSA) is 65.0 Å². The second-order valence-corrected chi connectivity index (χ2v) is 3.71. The molecule has 1 heterocycles. The number of rotatable bonds is 4. The Kier molecular flexibility index (Phi) is 2.60. The van der Waals surface area contributed by atoms with Gasteiger partial charge in [-0.15, -0.1) is 0 Å². The maximum atomic E-state index is 10.8. The van der Waals surface area contributed by atoms with Crippen molar-refractivity contribution in [2.75, 3.05) is 6.61 Å². The molecule has 0 amide bonds. The predicted molar refractivity (Wildman–Crippen MR) is 45.8 cm³/mol. The smallest absolute Gasteiger partial charge is 0.427 e. The van der Waals surface area contributed by atoms with Crippen LogP contribution in [-0.4, -0.2) is 42.3 Å². The molecule has 14 heavy (non-hydrogen) atoms. The summed E-state index contributed by atoms with van der Waals surface area (Å²) in [6.07, 6.45) is 0.299. The van der Waals surface area contributed by atoms with Gasteiger partial charge in [-0.05, 0) is 19.8 Å². The van der Waals surface area contributed by atoms with Gasteiger partial charge in [0.15, 0.2) is 6.10 Å². The Balaban J connectivity index is 1.92. The number of carbonyl (C=O) groups is 1. The molecule has 2 aliphatic rings. The van der Waals surface area contributed by atoms with Crippen LogP contribution in [0.15, 0.2) is 0 Å². The lowest BCUT2D eigenvalue weighted by atomic mass is 10.1. The summed E-state index contributed by atoms with van der Waals surface area (Å²) in [6.45, 7) is 1.58. The number of hydrogen-bond donors (Lipinski definition) is 1. The highest BCUT2D eigenvalue weighted by Gasteiger charge is 2.41. The molecule has 0 spiro atoms. The molecule has 0 aromatic carbocycles. The van der Waals surface area contributed by atoms with Crippen molar-refractivity contribution in [2.24, 2.45) is 0 Å². The van der Waals surface area contributed by atoms with Gasteiger partial charge in [0, 0.05) is 0 Å². The fourth-order valence-electron chi connectivity index (χ4n) is 1.51. The van der Waals surface area contributed by atoms with Crippen molar-refractivity contribution in [1.82, 2.24) is 0 Å². The zero-order valence-corrected chi connectivity index (χ0v) is 8.01. The first-order valence-electron chi connectivity index (χ1n) is 4.84. The second-order valence-electron chi connectivity index (χ2n) is 3.71. The standard InChI is InChI=1S/C9H14O5/c1-5-8(14-9(11)12-5)7(4-10)13-6-2-3-6/h5-8,10H,2-4H2,1H3. The van der Waals surface area contributed by atoms with Gasteiger partial charge >= 0.3 is 6.16 Å². The van der Waals surface area contributed by atoms with E-state index in [0.717, 1.165) is 12.8 Å². The fraction of sp³-hybridized carbons (Fsp3) is 0.889. The van der Waals surface area contributed by atoms with E-state index in [-0.39, 0.29) is 18.8 Å². The first-order chi connectivity index (χ1) is 6.70. The normalized spacial score (nSPS) is 33.7. The van der Waals surface area contributed by atoms with E-state index in [2.05, 4.69) is 0 Å². The second kappa shape index (κ2) is 3.74. The van der Waals surface area contributed by atoms with Crippen LogP contribution in [0.3, 0.4) is 0 Å². The van der Waals surface area contributed by atoms with Crippen molar-refractivity contribution in [3.63, 3.8) is 0 Å². The zero-order valence-electron chi connectivity index (χ0n) is 8.01. The molecule has 0 bridgehead atoms. The minimum Gasteiger partial charge on any atom is -0.427 e. The van der Waals surface area contributed by atoms with Crippen molar-refractivity contribution >= 4 is 6.16 Å². The average molecular weight is 202 g/mol. The number of aliphatic hydroxyl groups excluding tert-OH is 1. The van der Waals surface area contributed by atoms with Crippen LogP contribution in [-0.2, 0) is 14.2 Å². The average Bonchev–Trinajstić information content (AvgIpc) is 2.89. The van der Waals surface area contributed by atoms with Gasteiger partial charge in [0.2, 0.25) is 0 Å². The molecule has 0 aromatic rings. The Bertz CT molecular complexity index is 225. The van der Waals surface area contributed by atoms with E-state index in [1.807, 2.05) is 0 Å². The lowest BCUT2D eigenvalue weighted by Crippen LogP contribution is -2.38. The summed E-state index contributed by atoms with van der Waals surface area (Å²) in [5, 5.41) is 9.10. The summed E-state index contributed by atoms with van der Waals surface area (Å²) in [4.78, 5) is 10.8. The Morgan fingerprint density at radius 3 is 2.71 bits per heavy atom. The van der Waals surface area contributed by atoms with Crippen LogP contribution in [0.5, 0.6) is 0 Å². The third kappa shape index (κ3) is 1.99. The predicted octanol–water partition coefficient (Wildman–Crippen LogP) is 0.450.